The minimum atomic E-state index is 0.950. The van der Waals surface area contributed by atoms with Crippen molar-refractivity contribution in [2.24, 2.45) is 0 Å². The van der Waals surface area contributed by atoms with Crippen LogP contribution in [0.5, 0.6) is 0 Å². The number of nitrogens with zero attached hydrogens (tertiary/aromatic N) is 2. The van der Waals surface area contributed by atoms with Gasteiger partial charge in [-0.2, -0.15) is 0 Å². The number of likely N-dealkylation sites (N-methyl/N-ethyl adjacent to an activating group) is 1. The number of allylic oxidation sites excluding steroid dienone is 1. The molecule has 1 aromatic carbocycles. The van der Waals surface area contributed by atoms with E-state index >= 15 is 0 Å². The molecule has 0 N–H and O–H groups in total. The highest BCUT2D eigenvalue weighted by Crippen LogP contribution is 2.38. The first-order valence-corrected chi connectivity index (χ1v) is 6.13. The fraction of sp³-hybridized carbons (Fsp3) is 0.188. The predicted molar refractivity (Wildman–Crippen MR) is 75.7 cm³/mol. The molecule has 0 bridgehead atoms. The van der Waals surface area contributed by atoms with Gasteiger partial charge in [0.05, 0.1) is 0 Å². The lowest BCUT2D eigenvalue weighted by Gasteiger charge is -2.15. The summed E-state index contributed by atoms with van der Waals surface area (Å²) in [5.41, 5.74) is 7.62. The second-order valence-electron chi connectivity index (χ2n) is 4.78. The van der Waals surface area contributed by atoms with Gasteiger partial charge >= 0.3 is 0 Å². The minimum Gasteiger partial charge on any atom is -0.348 e. The Hall–Kier alpha value is -2.09. The summed E-state index contributed by atoms with van der Waals surface area (Å²) in [5.74, 6) is 0. The van der Waals surface area contributed by atoms with E-state index in [4.69, 9.17) is 0 Å². The van der Waals surface area contributed by atoms with Crippen LogP contribution < -0.4 is 4.90 Å². The zero-order valence-electron chi connectivity index (χ0n) is 10.8. The molecule has 1 aliphatic rings. The number of benzene rings is 1. The molecule has 2 nitrogen and oxygen atoms in total. The first-order chi connectivity index (χ1) is 8.68. The van der Waals surface area contributed by atoms with Crippen LogP contribution in [0.15, 0.2) is 48.9 Å². The van der Waals surface area contributed by atoms with Gasteiger partial charge < -0.3 is 4.90 Å². The van der Waals surface area contributed by atoms with E-state index < -0.39 is 0 Å². The summed E-state index contributed by atoms with van der Waals surface area (Å²) in [7, 11) is 2.08. The summed E-state index contributed by atoms with van der Waals surface area (Å²) in [6.45, 7) is 6.30. The largest absolute Gasteiger partial charge is 0.348 e. The van der Waals surface area contributed by atoms with E-state index in [0.717, 1.165) is 12.1 Å². The molecule has 0 saturated heterocycles. The molecular formula is C16H16N2. The molecule has 0 atom stereocenters. The minimum absolute atomic E-state index is 0.950. The van der Waals surface area contributed by atoms with Crippen LogP contribution in [-0.4, -0.2) is 12.0 Å². The Morgan fingerprint density at radius 3 is 2.83 bits per heavy atom. The van der Waals surface area contributed by atoms with Gasteiger partial charge in [-0.05, 0) is 35.7 Å². The number of hydrogen-bond acceptors (Lipinski definition) is 2. The van der Waals surface area contributed by atoms with Crippen LogP contribution >= 0.6 is 0 Å². The summed E-state index contributed by atoms with van der Waals surface area (Å²) >= 11 is 0. The van der Waals surface area contributed by atoms with Crippen molar-refractivity contribution in [2.75, 3.05) is 11.9 Å². The van der Waals surface area contributed by atoms with Crippen LogP contribution in [0.2, 0.25) is 0 Å². The normalized spacial score (nSPS) is 13.9. The number of hydrogen-bond donors (Lipinski definition) is 0. The number of aromatic nitrogens is 1. The summed E-state index contributed by atoms with van der Waals surface area (Å²) in [6.07, 6.45) is 4.68. The van der Waals surface area contributed by atoms with Gasteiger partial charge in [0.25, 0.3) is 0 Å². The van der Waals surface area contributed by atoms with Crippen molar-refractivity contribution < 1.29 is 0 Å². The average molecular weight is 236 g/mol. The van der Waals surface area contributed by atoms with Gasteiger partial charge in [0.2, 0.25) is 0 Å². The lowest BCUT2D eigenvalue weighted by molar-refractivity contribution is 1.11. The highest BCUT2D eigenvalue weighted by molar-refractivity contribution is 5.76. The van der Waals surface area contributed by atoms with Crippen molar-refractivity contribution in [3.05, 3.63) is 60.1 Å². The molecule has 2 heterocycles. The second kappa shape index (κ2) is 3.98. The molecule has 0 amide bonds. The van der Waals surface area contributed by atoms with Crippen molar-refractivity contribution in [1.82, 2.24) is 4.98 Å². The maximum atomic E-state index is 4.20. The summed E-state index contributed by atoms with van der Waals surface area (Å²) < 4.78 is 0. The maximum Gasteiger partial charge on any atom is 0.0445 e. The van der Waals surface area contributed by atoms with Crippen molar-refractivity contribution in [3.8, 4) is 11.1 Å². The van der Waals surface area contributed by atoms with Gasteiger partial charge in [-0.1, -0.05) is 18.7 Å². The fourth-order valence-electron chi connectivity index (χ4n) is 2.61. The van der Waals surface area contributed by atoms with Crippen LogP contribution in [0.3, 0.4) is 0 Å². The third-order valence-electron chi connectivity index (χ3n) is 3.76. The monoisotopic (exact) mass is 236 g/mol. The Morgan fingerprint density at radius 1 is 1.28 bits per heavy atom. The van der Waals surface area contributed by atoms with E-state index in [1.807, 2.05) is 18.5 Å². The lowest BCUT2D eigenvalue weighted by atomic mass is 9.96. The first-order valence-electron chi connectivity index (χ1n) is 6.13. The number of rotatable bonds is 1. The molecule has 0 unspecified atom stereocenters. The standard InChI is InChI=1S/C16H16N2/c1-11-9-15-12(2)14(6-7-16(15)18(11)3)13-5-4-8-17-10-13/h4-8,10H,1,9H2,2-3H3. The molecule has 1 aromatic heterocycles. The molecule has 0 spiro atoms. The van der Waals surface area contributed by atoms with Crippen LogP contribution in [0.25, 0.3) is 11.1 Å². The maximum absolute atomic E-state index is 4.20. The molecule has 18 heavy (non-hydrogen) atoms. The molecule has 90 valence electrons. The van der Waals surface area contributed by atoms with E-state index in [1.54, 1.807) is 0 Å². The van der Waals surface area contributed by atoms with E-state index in [9.17, 15) is 0 Å². The van der Waals surface area contributed by atoms with Crippen molar-refractivity contribution >= 4 is 5.69 Å². The Labute approximate surface area is 108 Å². The quantitative estimate of drug-likeness (QED) is 0.752. The van der Waals surface area contributed by atoms with Crippen molar-refractivity contribution in [1.29, 1.82) is 0 Å². The second-order valence-corrected chi connectivity index (χ2v) is 4.78. The number of anilines is 1. The highest BCUT2D eigenvalue weighted by Gasteiger charge is 2.22. The molecule has 0 fully saturated rings. The Bertz CT molecular complexity index is 614. The number of pyridine rings is 1. The molecule has 0 radical (unpaired) electrons. The van der Waals surface area contributed by atoms with E-state index in [-0.39, 0.29) is 0 Å². The predicted octanol–water partition coefficient (Wildman–Crippen LogP) is 3.56. The lowest BCUT2D eigenvalue weighted by Crippen LogP contribution is -2.09. The van der Waals surface area contributed by atoms with Crippen molar-refractivity contribution in [2.45, 2.75) is 13.3 Å². The smallest absolute Gasteiger partial charge is 0.0445 e. The molecule has 0 aliphatic carbocycles. The zero-order valence-corrected chi connectivity index (χ0v) is 10.8. The van der Waals surface area contributed by atoms with Crippen LogP contribution in [-0.2, 0) is 6.42 Å². The highest BCUT2D eigenvalue weighted by atomic mass is 15.1. The molecule has 2 heteroatoms. The summed E-state index contributed by atoms with van der Waals surface area (Å²) in [5, 5.41) is 0. The zero-order chi connectivity index (χ0) is 12.7. The van der Waals surface area contributed by atoms with Crippen molar-refractivity contribution in [3.63, 3.8) is 0 Å². The number of fused-ring (bicyclic) bond motifs is 1. The third kappa shape index (κ3) is 1.53. The van der Waals surface area contributed by atoms with Gasteiger partial charge in [-0.25, -0.2) is 0 Å². The molecule has 0 saturated carbocycles. The van der Waals surface area contributed by atoms with Gasteiger partial charge in [0.15, 0.2) is 0 Å². The Kier molecular flexibility index (Phi) is 2.44. The molecule has 3 rings (SSSR count). The van der Waals surface area contributed by atoms with Gasteiger partial charge in [0, 0.05) is 42.8 Å². The van der Waals surface area contributed by atoms with E-state index in [2.05, 4.69) is 48.6 Å². The third-order valence-corrected chi connectivity index (χ3v) is 3.76. The fourth-order valence-corrected chi connectivity index (χ4v) is 2.61. The van der Waals surface area contributed by atoms with Gasteiger partial charge in [-0.15, -0.1) is 0 Å². The average Bonchev–Trinajstić information content (AvgIpc) is 2.69. The van der Waals surface area contributed by atoms with Gasteiger partial charge in [0.1, 0.15) is 0 Å². The van der Waals surface area contributed by atoms with Crippen LogP contribution in [0, 0.1) is 6.92 Å². The molecular weight excluding hydrogens is 220 g/mol. The summed E-state index contributed by atoms with van der Waals surface area (Å²) in [4.78, 5) is 6.37. The first kappa shape index (κ1) is 11.0. The van der Waals surface area contributed by atoms with Crippen LogP contribution in [0.4, 0.5) is 5.69 Å². The molecule has 1 aliphatic heterocycles. The van der Waals surface area contributed by atoms with E-state index in [1.165, 1.54) is 27.9 Å². The van der Waals surface area contributed by atoms with Crippen LogP contribution in [0.1, 0.15) is 11.1 Å². The summed E-state index contributed by atoms with van der Waals surface area (Å²) in [6, 6.07) is 8.45. The molecule has 2 aromatic rings. The Morgan fingerprint density at radius 2 is 2.11 bits per heavy atom. The SMILES string of the molecule is C=C1Cc2c(ccc(-c3cccnc3)c2C)N1C. The van der Waals surface area contributed by atoms with E-state index in [0.29, 0.717) is 0 Å². The Balaban J connectivity index is 2.17. The van der Waals surface area contributed by atoms with Gasteiger partial charge in [-0.3, -0.25) is 4.98 Å². The topological polar surface area (TPSA) is 16.1 Å².